The summed E-state index contributed by atoms with van der Waals surface area (Å²) in [6.07, 6.45) is 3.85. The minimum absolute atomic E-state index is 0.000818. The van der Waals surface area contributed by atoms with Gasteiger partial charge in [0.25, 0.3) is 23.7 Å². The van der Waals surface area contributed by atoms with Crippen LogP contribution in [0.4, 0.5) is 94.0 Å². The van der Waals surface area contributed by atoms with E-state index < -0.39 is 83.0 Å². The van der Waals surface area contributed by atoms with Crippen LogP contribution in [0, 0.1) is 0 Å². The molecule has 2 fully saturated rings. The molecule has 0 radical (unpaired) electrons. The van der Waals surface area contributed by atoms with Crippen molar-refractivity contribution in [2.24, 2.45) is 0 Å². The standard InChI is InChI=1S/C37H36F3N3O4.C37H34F3N3O4.C35H32F3N7O2/c2*38-37(39,40)31-21-30(27-9-5-2-6-10-27)22-32(23-31)42-36(47)43(33-17-15-28(16-18-33)26-7-3-1-4-8-26)24-25-11-13-29(14-12-25)35(46)41-20-19-34(44)45;36-35(37,38)29-19-28(25-9-5-2-6-10-25)20-30(21-29)39-34(47)45(31-17-15-26(16-18-31)24-7-3-1-4-8-24)22-23-11-13-27(14-12-23)32(46)40-33-41-43-44-42-33/h2,5-6,9-18,21-23,26H,1,3-4,7-8,19-20,24H2,(H,41,46)(H,42,47)(H,44,45);2,5-7,9-18,21-23H,1,3-4,8,19-20,24H2,(H,41,46)(H,42,47)(H,44,45);2,5-6,9-21,24H,1,3-4,7-8,22H2,(H,39,47)(H2,40,41,42,43,44,46). The molecular weight excluding hydrogens is 1820 g/mol. The van der Waals surface area contributed by atoms with E-state index in [0.29, 0.717) is 95.7 Å². The van der Waals surface area contributed by atoms with Crippen LogP contribution in [-0.2, 0) is 47.8 Å². The topological polar surface area (TPSA) is 313 Å². The van der Waals surface area contributed by atoms with Gasteiger partial charge >= 0.3 is 48.6 Å². The summed E-state index contributed by atoms with van der Waals surface area (Å²) in [5, 5.41) is 46.4. The van der Waals surface area contributed by atoms with Gasteiger partial charge in [0, 0.05) is 63.9 Å². The molecule has 141 heavy (non-hydrogen) atoms. The number of hydrogen-bond donors (Lipinski definition) is 9. The molecule has 726 valence electrons. The van der Waals surface area contributed by atoms with Crippen LogP contribution in [-0.4, -0.2) is 91.7 Å². The van der Waals surface area contributed by atoms with Gasteiger partial charge in [-0.3, -0.25) is 44.0 Å². The number of tetrazole rings is 1. The van der Waals surface area contributed by atoms with Gasteiger partial charge in [-0.15, -0.1) is 5.10 Å². The third-order valence-electron chi connectivity index (χ3n) is 24.5. The molecule has 3 aliphatic carbocycles. The van der Waals surface area contributed by atoms with Crippen molar-refractivity contribution in [2.45, 2.75) is 153 Å². The predicted molar refractivity (Wildman–Crippen MR) is 524 cm³/mol. The normalized spacial score (nSPS) is 13.4. The molecule has 9 amide bonds. The molecule has 0 atom stereocenters. The smallest absolute Gasteiger partial charge is 0.416 e. The Morgan fingerprint density at radius 2 is 0.681 bits per heavy atom. The van der Waals surface area contributed by atoms with Gasteiger partial charge in [-0.25, -0.2) is 14.4 Å². The molecule has 9 N–H and O–H groups in total. The molecule has 0 saturated heterocycles. The number of benzene rings is 12. The summed E-state index contributed by atoms with van der Waals surface area (Å²) < 4.78 is 125. The maximum Gasteiger partial charge on any atom is 0.416 e. The van der Waals surface area contributed by atoms with Gasteiger partial charge in [0.15, 0.2) is 0 Å². The van der Waals surface area contributed by atoms with Crippen molar-refractivity contribution in [3.8, 4) is 33.4 Å². The number of carbonyl (C=O) groups excluding carboxylic acids is 6. The van der Waals surface area contributed by atoms with E-state index in [0.717, 1.165) is 93.3 Å². The second-order valence-corrected chi connectivity index (χ2v) is 34.5. The summed E-state index contributed by atoms with van der Waals surface area (Å²) in [5.74, 6) is -2.39. The molecule has 12 aromatic carbocycles. The Bertz CT molecular complexity index is 6490. The van der Waals surface area contributed by atoms with Gasteiger partial charge in [-0.1, -0.05) is 213 Å². The number of nitrogens with one attached hydrogen (secondary N) is 7. The quantitative estimate of drug-likeness (QED) is 0.0206. The van der Waals surface area contributed by atoms with E-state index in [2.05, 4.69) is 58.6 Å². The second-order valence-electron chi connectivity index (χ2n) is 34.5. The molecule has 32 heteroatoms. The van der Waals surface area contributed by atoms with Crippen LogP contribution in [0.1, 0.15) is 196 Å². The Balaban J connectivity index is 0.000000168. The molecule has 0 unspecified atom stereocenters. The highest BCUT2D eigenvalue weighted by Crippen LogP contribution is 2.42. The molecule has 0 bridgehead atoms. The Morgan fingerprint density at radius 1 is 0.348 bits per heavy atom. The first-order valence-corrected chi connectivity index (χ1v) is 46.3. The number of carboxylic acid groups (broad SMARTS) is 2. The molecule has 16 rings (SSSR count). The first-order valence-electron chi connectivity index (χ1n) is 46.3. The lowest BCUT2D eigenvalue weighted by Gasteiger charge is -2.26. The van der Waals surface area contributed by atoms with Crippen LogP contribution < -0.4 is 46.6 Å². The maximum atomic E-state index is 13.9. The zero-order chi connectivity index (χ0) is 99.6. The number of aromatic amines is 1. The van der Waals surface area contributed by atoms with Crippen molar-refractivity contribution >= 4 is 93.4 Å². The highest BCUT2D eigenvalue weighted by molar-refractivity contribution is 6.06. The van der Waals surface area contributed by atoms with E-state index in [1.807, 2.05) is 72.8 Å². The van der Waals surface area contributed by atoms with Crippen LogP contribution in [0.5, 0.6) is 0 Å². The Kier molecular flexibility index (Phi) is 33.9. The number of alkyl halides is 9. The van der Waals surface area contributed by atoms with E-state index in [1.54, 1.807) is 164 Å². The van der Waals surface area contributed by atoms with E-state index in [1.165, 1.54) is 88.1 Å². The Hall–Kier alpha value is -16.0. The Labute approximate surface area is 807 Å². The van der Waals surface area contributed by atoms with E-state index in [-0.39, 0.29) is 68.6 Å². The van der Waals surface area contributed by atoms with Crippen LogP contribution >= 0.6 is 0 Å². The summed E-state index contributed by atoms with van der Waals surface area (Å²) in [5.41, 5.74) is 9.45. The van der Waals surface area contributed by atoms with Gasteiger partial charge in [-0.2, -0.15) is 44.7 Å². The molecule has 23 nitrogen and oxygen atoms in total. The van der Waals surface area contributed by atoms with Gasteiger partial charge in [0.05, 0.1) is 49.2 Å². The van der Waals surface area contributed by atoms with Crippen molar-refractivity contribution in [1.82, 2.24) is 31.3 Å². The number of rotatable bonds is 28. The number of anilines is 7. The fourth-order valence-electron chi connectivity index (χ4n) is 17.1. The SMILES string of the molecule is O=C(Nc1nn[nH]n1)c1ccc(CN(C(=O)Nc2cc(-c3ccccc3)cc(C(F)(F)F)c2)c2ccc(C3CCCCC3)cc2)cc1.O=C(O)CCNC(=O)c1ccc(CN(C(=O)Nc2cc(-c3ccccc3)cc(C(F)(F)F)c2)c2ccc(C3=CCCCC3)cc2)cc1.O=C(O)CCNC(=O)c1ccc(CN(C(=O)Nc2cc(-c3ccccc3)cc(C(F)(F)F)c2)c2ccc(C3CCCCC3)cc2)cc1. The molecule has 1 heterocycles. The molecule has 3 aliphatic rings. The van der Waals surface area contributed by atoms with Crippen molar-refractivity contribution in [3.05, 3.63) is 364 Å². The zero-order valence-corrected chi connectivity index (χ0v) is 76.5. The molecular formula is C109H102F9N13O10. The van der Waals surface area contributed by atoms with Crippen LogP contribution in [0.3, 0.4) is 0 Å². The van der Waals surface area contributed by atoms with Gasteiger partial charge in [0.2, 0.25) is 0 Å². The largest absolute Gasteiger partial charge is 0.481 e. The van der Waals surface area contributed by atoms with E-state index >= 15 is 0 Å². The number of halogens is 9. The van der Waals surface area contributed by atoms with Crippen LogP contribution in [0.2, 0.25) is 0 Å². The average molecular weight is 1930 g/mol. The third kappa shape index (κ3) is 28.8. The summed E-state index contributed by atoms with van der Waals surface area (Å²) >= 11 is 0. The number of hydrogen-bond acceptors (Lipinski definition) is 11. The third-order valence-corrected chi connectivity index (χ3v) is 24.5. The highest BCUT2D eigenvalue weighted by Gasteiger charge is 2.36. The number of urea groups is 3. The van der Waals surface area contributed by atoms with Gasteiger partial charge in [0.1, 0.15) is 0 Å². The number of carbonyl (C=O) groups is 8. The molecule has 2 saturated carbocycles. The number of allylic oxidation sites excluding steroid dienone is 2. The van der Waals surface area contributed by atoms with Gasteiger partial charge in [-0.05, 0) is 268 Å². The number of amides is 9. The van der Waals surface area contributed by atoms with Crippen molar-refractivity contribution in [2.75, 3.05) is 49.1 Å². The van der Waals surface area contributed by atoms with Crippen molar-refractivity contribution in [1.29, 1.82) is 0 Å². The zero-order valence-electron chi connectivity index (χ0n) is 76.5. The molecule has 0 spiro atoms. The first kappa shape index (κ1) is 101. The lowest BCUT2D eigenvalue weighted by atomic mass is 9.84. The number of H-pyrrole nitrogens is 1. The lowest BCUT2D eigenvalue weighted by molar-refractivity contribution is -0.138. The molecule has 1 aromatic heterocycles. The number of aliphatic carboxylic acids is 2. The maximum absolute atomic E-state index is 13.9. The highest BCUT2D eigenvalue weighted by atomic mass is 19.4. The minimum atomic E-state index is -4.63. The summed E-state index contributed by atoms with van der Waals surface area (Å²) in [7, 11) is 0. The molecule has 13 aromatic rings. The van der Waals surface area contributed by atoms with E-state index in [4.69, 9.17) is 10.2 Å². The number of carboxylic acids is 2. The molecule has 0 aliphatic heterocycles. The van der Waals surface area contributed by atoms with Crippen LogP contribution in [0.25, 0.3) is 39.0 Å². The summed E-state index contributed by atoms with van der Waals surface area (Å²) in [4.78, 5) is 105. The van der Waals surface area contributed by atoms with Crippen molar-refractivity contribution < 1.29 is 88.1 Å². The fraction of sp³-hybridized carbons (Fsp3) is 0.239. The summed E-state index contributed by atoms with van der Waals surface area (Å²) in [6, 6.07) is 77.3. The Morgan fingerprint density at radius 3 is 0.986 bits per heavy atom. The predicted octanol–water partition coefficient (Wildman–Crippen LogP) is 26.1. The minimum Gasteiger partial charge on any atom is -0.481 e. The average Bonchev–Trinajstić information content (AvgIpc) is 1.22. The van der Waals surface area contributed by atoms with Crippen LogP contribution in [0.15, 0.2) is 297 Å². The van der Waals surface area contributed by atoms with Gasteiger partial charge < -0.3 is 36.8 Å². The monoisotopic (exact) mass is 1920 g/mol. The van der Waals surface area contributed by atoms with Crippen molar-refractivity contribution in [3.63, 3.8) is 0 Å². The number of nitrogens with zero attached hydrogens (tertiary/aromatic N) is 6. The second kappa shape index (κ2) is 47.4. The first-order chi connectivity index (χ1) is 67.8. The fourth-order valence-corrected chi connectivity index (χ4v) is 17.1. The summed E-state index contributed by atoms with van der Waals surface area (Å²) in [6.45, 7) is 0.186. The lowest BCUT2D eigenvalue weighted by Crippen LogP contribution is -2.34. The van der Waals surface area contributed by atoms with E-state index in [9.17, 15) is 77.9 Å². The number of aromatic nitrogens is 4.